The summed E-state index contributed by atoms with van der Waals surface area (Å²) < 4.78 is 5.65. The van der Waals surface area contributed by atoms with Gasteiger partial charge in [0, 0.05) is 11.1 Å². The Hall–Kier alpha value is -0.440. The van der Waals surface area contributed by atoms with Gasteiger partial charge in [-0.25, -0.2) is 0 Å². The summed E-state index contributed by atoms with van der Waals surface area (Å²) >= 11 is 11.9. The van der Waals surface area contributed by atoms with Crippen LogP contribution >= 0.6 is 23.2 Å². The lowest BCUT2D eigenvalue weighted by Crippen LogP contribution is -2.15. The molecule has 90 valence electrons. The minimum atomic E-state index is 0.472. The predicted octanol–water partition coefficient (Wildman–Crippen LogP) is 3.75. The van der Waals surface area contributed by atoms with Crippen molar-refractivity contribution in [3.63, 3.8) is 0 Å². The Balaban J connectivity index is 2.55. The molecule has 1 unspecified atom stereocenters. The minimum Gasteiger partial charge on any atom is -0.492 e. The lowest BCUT2D eigenvalue weighted by Gasteiger charge is -2.15. The smallest absolute Gasteiger partial charge is 0.139 e. The van der Waals surface area contributed by atoms with Crippen molar-refractivity contribution in [3.8, 4) is 5.75 Å². The summed E-state index contributed by atoms with van der Waals surface area (Å²) in [5.41, 5.74) is 5.53. The number of hydrogen-bond acceptors (Lipinski definition) is 2. The van der Waals surface area contributed by atoms with E-state index in [-0.39, 0.29) is 0 Å². The van der Waals surface area contributed by atoms with E-state index in [1.165, 1.54) is 0 Å². The zero-order chi connectivity index (χ0) is 12.0. The van der Waals surface area contributed by atoms with Gasteiger partial charge in [0.2, 0.25) is 0 Å². The Labute approximate surface area is 107 Å². The van der Waals surface area contributed by atoms with Crippen molar-refractivity contribution in [2.75, 3.05) is 13.2 Å². The number of hydrogen-bond donors (Lipinski definition) is 1. The zero-order valence-corrected chi connectivity index (χ0v) is 10.9. The lowest BCUT2D eigenvalue weighted by atomic mass is 10.0. The summed E-state index contributed by atoms with van der Waals surface area (Å²) in [6, 6.07) is 5.22. The summed E-state index contributed by atoms with van der Waals surface area (Å²) in [5.74, 6) is 1.12. The van der Waals surface area contributed by atoms with Crippen LogP contribution in [0, 0.1) is 5.92 Å². The zero-order valence-electron chi connectivity index (χ0n) is 9.38. The molecule has 16 heavy (non-hydrogen) atoms. The fourth-order valence-corrected chi connectivity index (χ4v) is 1.77. The van der Waals surface area contributed by atoms with Crippen LogP contribution in [0.3, 0.4) is 0 Å². The van der Waals surface area contributed by atoms with Crippen LogP contribution in [0.25, 0.3) is 0 Å². The van der Waals surface area contributed by atoms with E-state index in [9.17, 15) is 0 Å². The molecule has 0 radical (unpaired) electrons. The molecule has 0 amide bonds. The normalized spacial score (nSPS) is 12.5. The third-order valence-electron chi connectivity index (χ3n) is 2.52. The van der Waals surface area contributed by atoms with E-state index in [1.54, 1.807) is 18.2 Å². The van der Waals surface area contributed by atoms with Crippen molar-refractivity contribution in [1.82, 2.24) is 0 Å². The van der Waals surface area contributed by atoms with E-state index in [4.69, 9.17) is 33.7 Å². The first-order valence-electron chi connectivity index (χ1n) is 5.45. The molecule has 0 heterocycles. The standard InChI is InChI=1S/C12H17Cl2NO/c1-2-9(5-6-15)8-16-12-7-10(13)3-4-11(12)14/h3-4,7,9H,2,5-6,8,15H2,1H3. The number of ether oxygens (including phenoxy) is 1. The second-order valence-electron chi connectivity index (χ2n) is 3.74. The quantitative estimate of drug-likeness (QED) is 0.847. The van der Waals surface area contributed by atoms with Crippen LogP contribution in [-0.4, -0.2) is 13.2 Å². The van der Waals surface area contributed by atoms with Gasteiger partial charge in [-0.15, -0.1) is 0 Å². The van der Waals surface area contributed by atoms with Crippen molar-refractivity contribution in [2.24, 2.45) is 11.7 Å². The second-order valence-corrected chi connectivity index (χ2v) is 4.58. The average Bonchev–Trinajstić information content (AvgIpc) is 2.28. The van der Waals surface area contributed by atoms with Crippen LogP contribution in [0.2, 0.25) is 10.0 Å². The maximum Gasteiger partial charge on any atom is 0.139 e. The van der Waals surface area contributed by atoms with E-state index >= 15 is 0 Å². The van der Waals surface area contributed by atoms with Gasteiger partial charge in [-0.1, -0.05) is 36.5 Å². The van der Waals surface area contributed by atoms with E-state index in [2.05, 4.69) is 6.92 Å². The second kappa shape index (κ2) is 7.00. The Morgan fingerprint density at radius 2 is 2.12 bits per heavy atom. The van der Waals surface area contributed by atoms with Gasteiger partial charge in [-0.3, -0.25) is 0 Å². The van der Waals surface area contributed by atoms with Crippen LogP contribution in [0.5, 0.6) is 5.75 Å². The monoisotopic (exact) mass is 261 g/mol. The molecule has 1 atom stereocenters. The van der Waals surface area contributed by atoms with Crippen LogP contribution in [0.1, 0.15) is 19.8 Å². The van der Waals surface area contributed by atoms with Gasteiger partial charge in [0.15, 0.2) is 0 Å². The van der Waals surface area contributed by atoms with Crippen LogP contribution in [0.15, 0.2) is 18.2 Å². The van der Waals surface area contributed by atoms with Crippen molar-refractivity contribution in [3.05, 3.63) is 28.2 Å². The van der Waals surface area contributed by atoms with Crippen LogP contribution < -0.4 is 10.5 Å². The molecule has 2 N–H and O–H groups in total. The van der Waals surface area contributed by atoms with Crippen molar-refractivity contribution in [2.45, 2.75) is 19.8 Å². The molecule has 0 saturated carbocycles. The highest BCUT2D eigenvalue weighted by Crippen LogP contribution is 2.28. The average molecular weight is 262 g/mol. The first-order chi connectivity index (χ1) is 7.67. The highest BCUT2D eigenvalue weighted by molar-refractivity contribution is 6.34. The fourth-order valence-electron chi connectivity index (χ4n) is 1.44. The highest BCUT2D eigenvalue weighted by Gasteiger charge is 2.08. The van der Waals surface area contributed by atoms with Gasteiger partial charge in [-0.2, -0.15) is 0 Å². The first-order valence-corrected chi connectivity index (χ1v) is 6.20. The molecule has 1 aromatic rings. The molecule has 0 spiro atoms. The van der Waals surface area contributed by atoms with E-state index in [0.717, 1.165) is 12.8 Å². The Morgan fingerprint density at radius 1 is 1.38 bits per heavy atom. The van der Waals surface area contributed by atoms with Crippen molar-refractivity contribution < 1.29 is 4.74 Å². The molecule has 0 fully saturated rings. The van der Waals surface area contributed by atoms with Gasteiger partial charge >= 0.3 is 0 Å². The van der Waals surface area contributed by atoms with Crippen molar-refractivity contribution in [1.29, 1.82) is 0 Å². The van der Waals surface area contributed by atoms with Gasteiger partial charge in [0.25, 0.3) is 0 Å². The Morgan fingerprint density at radius 3 is 2.75 bits per heavy atom. The molecule has 4 heteroatoms. The predicted molar refractivity (Wildman–Crippen MR) is 69.4 cm³/mol. The molecule has 0 aliphatic carbocycles. The van der Waals surface area contributed by atoms with Gasteiger partial charge in [0.1, 0.15) is 5.75 Å². The lowest BCUT2D eigenvalue weighted by molar-refractivity contribution is 0.238. The minimum absolute atomic E-state index is 0.472. The SMILES string of the molecule is CCC(CCN)COc1cc(Cl)ccc1Cl. The maximum absolute atomic E-state index is 5.99. The molecule has 0 aliphatic heterocycles. The summed E-state index contributed by atoms with van der Waals surface area (Å²) in [7, 11) is 0. The number of halogens is 2. The fraction of sp³-hybridized carbons (Fsp3) is 0.500. The molecule has 1 aromatic carbocycles. The third-order valence-corrected chi connectivity index (χ3v) is 3.07. The number of nitrogens with two attached hydrogens (primary N) is 1. The van der Waals surface area contributed by atoms with E-state index in [0.29, 0.717) is 34.9 Å². The maximum atomic E-state index is 5.99. The highest BCUT2D eigenvalue weighted by atomic mass is 35.5. The molecular formula is C12H17Cl2NO. The van der Waals surface area contributed by atoms with E-state index < -0.39 is 0 Å². The molecule has 2 nitrogen and oxygen atoms in total. The summed E-state index contributed by atoms with van der Waals surface area (Å²) in [6.07, 6.45) is 2.02. The molecule has 0 aromatic heterocycles. The number of benzene rings is 1. The Bertz CT molecular complexity index is 331. The van der Waals surface area contributed by atoms with Gasteiger partial charge in [-0.05, 0) is 31.0 Å². The molecule has 0 bridgehead atoms. The largest absolute Gasteiger partial charge is 0.492 e. The molecule has 0 aliphatic rings. The third kappa shape index (κ3) is 4.20. The summed E-state index contributed by atoms with van der Waals surface area (Å²) in [5, 5.41) is 1.22. The van der Waals surface area contributed by atoms with Gasteiger partial charge in [0.05, 0.1) is 11.6 Å². The van der Waals surface area contributed by atoms with Crippen molar-refractivity contribution >= 4 is 23.2 Å². The van der Waals surface area contributed by atoms with E-state index in [1.807, 2.05) is 0 Å². The van der Waals surface area contributed by atoms with Crippen LogP contribution in [-0.2, 0) is 0 Å². The van der Waals surface area contributed by atoms with Gasteiger partial charge < -0.3 is 10.5 Å². The topological polar surface area (TPSA) is 35.2 Å². The summed E-state index contributed by atoms with van der Waals surface area (Å²) in [4.78, 5) is 0. The molecule has 0 saturated heterocycles. The molecular weight excluding hydrogens is 245 g/mol. The number of rotatable bonds is 6. The summed E-state index contributed by atoms with van der Waals surface area (Å²) in [6.45, 7) is 3.45. The van der Waals surface area contributed by atoms with Crippen LogP contribution in [0.4, 0.5) is 0 Å². The molecule has 1 rings (SSSR count). The Kier molecular flexibility index (Phi) is 5.96. The first kappa shape index (κ1) is 13.6.